The predicted molar refractivity (Wildman–Crippen MR) is 111 cm³/mol. The van der Waals surface area contributed by atoms with Crippen LogP contribution in [0.3, 0.4) is 0 Å². The first-order valence-electron chi connectivity index (χ1n) is 9.67. The van der Waals surface area contributed by atoms with Crippen LogP contribution in [0.25, 0.3) is 5.82 Å². The van der Waals surface area contributed by atoms with Crippen LogP contribution in [0.4, 0.5) is 11.4 Å². The van der Waals surface area contributed by atoms with E-state index in [1.165, 1.54) is 34.4 Å². The summed E-state index contributed by atoms with van der Waals surface area (Å²) in [6.07, 6.45) is 2.38. The molecule has 0 saturated carbocycles. The van der Waals surface area contributed by atoms with Crippen molar-refractivity contribution in [1.29, 1.82) is 0 Å². The van der Waals surface area contributed by atoms with Crippen LogP contribution in [0.1, 0.15) is 24.6 Å². The quantitative estimate of drug-likeness (QED) is 0.828. The Morgan fingerprint density at radius 2 is 1.88 bits per heavy atom. The van der Waals surface area contributed by atoms with Crippen molar-refractivity contribution >= 4 is 28.5 Å². The van der Waals surface area contributed by atoms with Gasteiger partial charge in [0.05, 0.1) is 16.6 Å². The van der Waals surface area contributed by atoms with E-state index in [9.17, 15) is 0 Å². The van der Waals surface area contributed by atoms with Crippen LogP contribution in [-0.2, 0) is 0 Å². The molecule has 0 atom stereocenters. The lowest BCUT2D eigenvalue weighted by Gasteiger charge is -2.40. The molecule has 0 bridgehead atoms. The molecule has 3 heterocycles. The number of benzene rings is 1. The normalized spacial score (nSPS) is 17.6. The van der Waals surface area contributed by atoms with Crippen molar-refractivity contribution in [3.63, 3.8) is 0 Å². The molecule has 4 rings (SSSR count). The van der Waals surface area contributed by atoms with Crippen molar-refractivity contribution in [3.8, 4) is 0 Å². The maximum atomic E-state index is 5.06. The molecule has 1 aromatic heterocycles. The second-order valence-corrected chi connectivity index (χ2v) is 8.53. The molecule has 5 heteroatoms. The van der Waals surface area contributed by atoms with Crippen molar-refractivity contribution in [2.24, 2.45) is 4.99 Å². The lowest BCUT2D eigenvalue weighted by molar-refractivity contribution is 0.203. The van der Waals surface area contributed by atoms with Gasteiger partial charge in [-0.1, -0.05) is 25.5 Å². The summed E-state index contributed by atoms with van der Waals surface area (Å²) >= 11 is 1.81. The largest absolute Gasteiger partial charge is 0.355 e. The van der Waals surface area contributed by atoms with Crippen LogP contribution in [0.15, 0.2) is 35.3 Å². The van der Waals surface area contributed by atoms with Gasteiger partial charge in [0.1, 0.15) is 10.5 Å². The molecule has 2 aromatic rings. The van der Waals surface area contributed by atoms with Crippen LogP contribution in [-0.4, -0.2) is 49.6 Å². The lowest BCUT2D eigenvalue weighted by atomic mass is 10.2. The summed E-state index contributed by atoms with van der Waals surface area (Å²) in [7, 11) is 2.22. The molecule has 0 radical (unpaired) electrons. The van der Waals surface area contributed by atoms with Gasteiger partial charge in [0.2, 0.25) is 0 Å². The molecule has 4 nitrogen and oxygen atoms in total. The molecule has 2 aliphatic heterocycles. The van der Waals surface area contributed by atoms with Crippen molar-refractivity contribution in [2.75, 3.05) is 44.7 Å². The minimum absolute atomic E-state index is 1.04. The monoisotopic (exact) mass is 368 g/mol. The third-order valence-corrected chi connectivity index (χ3v) is 6.21. The van der Waals surface area contributed by atoms with Gasteiger partial charge in [0.25, 0.3) is 0 Å². The highest BCUT2D eigenvalue weighted by Gasteiger charge is 2.26. The van der Waals surface area contributed by atoms with E-state index < -0.39 is 0 Å². The zero-order valence-electron chi connectivity index (χ0n) is 16.0. The smallest absolute Gasteiger partial charge is 0.127 e. The Labute approximate surface area is 160 Å². The lowest BCUT2D eigenvalue weighted by Crippen LogP contribution is -2.49. The van der Waals surface area contributed by atoms with Gasteiger partial charge >= 0.3 is 0 Å². The second kappa shape index (κ2) is 7.41. The number of aryl methyl sites for hydroxylation is 1. The summed E-state index contributed by atoms with van der Waals surface area (Å²) in [5, 5.41) is 1.31. The van der Waals surface area contributed by atoms with E-state index in [1.54, 1.807) is 0 Å². The molecule has 1 fully saturated rings. The number of rotatable bonds is 4. The summed E-state index contributed by atoms with van der Waals surface area (Å²) in [5.74, 6) is 1.36. The number of hydrogen-bond acceptors (Lipinski definition) is 5. The van der Waals surface area contributed by atoms with Crippen molar-refractivity contribution in [3.05, 3.63) is 45.1 Å². The number of nitrogens with zero attached hydrogens (tertiary/aromatic N) is 4. The average molecular weight is 369 g/mol. The fraction of sp³-hybridized carbons (Fsp3) is 0.476. The Hall–Kier alpha value is -1.85. The zero-order valence-corrected chi connectivity index (χ0v) is 16.9. The Balaban J connectivity index is 1.92. The standard InChI is InChI=1S/C21H28N4S/c1-4-5-10-25-19-9-7-6-8-18(19)22-20-17(15-16(2)26-20)21(25)24-13-11-23(3)12-14-24/h6-9,15H,4-5,10-14H2,1-3H3. The number of likely N-dealkylation sites (N-methyl/N-ethyl adjacent to an activating group) is 1. The molecule has 1 saturated heterocycles. The van der Waals surface area contributed by atoms with Gasteiger partial charge in [-0.2, -0.15) is 0 Å². The zero-order chi connectivity index (χ0) is 18.1. The topological polar surface area (TPSA) is 22.1 Å². The molecule has 0 spiro atoms. The third-order valence-electron chi connectivity index (χ3n) is 5.26. The fourth-order valence-corrected chi connectivity index (χ4v) is 4.69. The first-order valence-corrected chi connectivity index (χ1v) is 10.5. The summed E-state index contributed by atoms with van der Waals surface area (Å²) in [6, 6.07) is 11.0. The molecular weight excluding hydrogens is 340 g/mol. The molecule has 26 heavy (non-hydrogen) atoms. The van der Waals surface area contributed by atoms with Gasteiger partial charge in [0, 0.05) is 37.6 Å². The molecule has 2 aliphatic rings. The SMILES string of the molecule is CCCCN1C(N2CCN(C)CC2)=c2cc(C)sc2=Nc2ccccc21. The van der Waals surface area contributed by atoms with Crippen LogP contribution >= 0.6 is 11.3 Å². The van der Waals surface area contributed by atoms with E-state index in [-0.39, 0.29) is 0 Å². The van der Waals surface area contributed by atoms with Crippen LogP contribution in [0.2, 0.25) is 0 Å². The average Bonchev–Trinajstić information content (AvgIpc) is 2.94. The Morgan fingerprint density at radius 1 is 1.12 bits per heavy atom. The highest BCUT2D eigenvalue weighted by atomic mass is 32.1. The number of para-hydroxylation sites is 2. The van der Waals surface area contributed by atoms with Crippen molar-refractivity contribution in [2.45, 2.75) is 26.7 Å². The van der Waals surface area contributed by atoms with E-state index in [0.29, 0.717) is 0 Å². The van der Waals surface area contributed by atoms with Gasteiger partial charge in [-0.3, -0.25) is 0 Å². The maximum absolute atomic E-state index is 5.06. The summed E-state index contributed by atoms with van der Waals surface area (Å²) in [5.41, 5.74) is 2.34. The van der Waals surface area contributed by atoms with Crippen molar-refractivity contribution in [1.82, 2.24) is 9.80 Å². The molecular formula is C21H28N4S. The fourth-order valence-electron chi connectivity index (χ4n) is 3.80. The van der Waals surface area contributed by atoms with E-state index in [4.69, 9.17) is 4.99 Å². The minimum Gasteiger partial charge on any atom is -0.355 e. The number of anilines is 1. The first kappa shape index (κ1) is 17.6. The summed E-state index contributed by atoms with van der Waals surface area (Å²) < 4.78 is 1.16. The van der Waals surface area contributed by atoms with Gasteiger partial charge in [-0.25, -0.2) is 4.99 Å². The molecule has 138 valence electrons. The number of unbranched alkanes of at least 4 members (excludes halogenated alkanes) is 1. The van der Waals surface area contributed by atoms with Gasteiger partial charge in [0.15, 0.2) is 0 Å². The Bertz CT molecular complexity index is 893. The number of piperazine rings is 1. The second-order valence-electron chi connectivity index (χ2n) is 7.30. The number of fused-ring (bicyclic) bond motifs is 2. The maximum Gasteiger partial charge on any atom is 0.127 e. The van der Waals surface area contributed by atoms with Crippen LogP contribution < -0.4 is 14.8 Å². The van der Waals surface area contributed by atoms with E-state index in [2.05, 4.69) is 65.9 Å². The highest BCUT2D eigenvalue weighted by Crippen LogP contribution is 2.33. The van der Waals surface area contributed by atoms with E-state index >= 15 is 0 Å². The third kappa shape index (κ3) is 3.26. The summed E-state index contributed by atoms with van der Waals surface area (Å²) in [4.78, 5) is 13.9. The van der Waals surface area contributed by atoms with Gasteiger partial charge in [-0.05, 0) is 38.6 Å². The highest BCUT2D eigenvalue weighted by molar-refractivity contribution is 7.09. The molecule has 0 unspecified atom stereocenters. The Kier molecular flexibility index (Phi) is 5.00. The predicted octanol–water partition coefficient (Wildman–Crippen LogP) is 2.94. The van der Waals surface area contributed by atoms with Gasteiger partial charge in [-0.15, -0.1) is 11.3 Å². The molecule has 1 aromatic carbocycles. The number of thiophene rings is 1. The minimum atomic E-state index is 1.04. The molecule has 0 N–H and O–H groups in total. The van der Waals surface area contributed by atoms with Crippen LogP contribution in [0.5, 0.6) is 0 Å². The van der Waals surface area contributed by atoms with E-state index in [0.717, 1.165) is 43.1 Å². The Morgan fingerprint density at radius 3 is 2.65 bits per heavy atom. The van der Waals surface area contributed by atoms with Gasteiger partial charge < -0.3 is 14.7 Å². The number of hydrogen-bond donors (Lipinski definition) is 0. The van der Waals surface area contributed by atoms with E-state index in [1.807, 2.05) is 11.3 Å². The molecule has 0 aliphatic carbocycles. The van der Waals surface area contributed by atoms with Crippen molar-refractivity contribution < 1.29 is 0 Å². The first-order chi connectivity index (χ1) is 12.7. The van der Waals surface area contributed by atoms with Crippen LogP contribution in [0, 0.1) is 6.92 Å². The molecule has 0 amide bonds. The summed E-state index contributed by atoms with van der Waals surface area (Å²) in [6.45, 7) is 9.88.